The van der Waals surface area contributed by atoms with Crippen LogP contribution in [0.5, 0.6) is 5.75 Å². The molecule has 0 unspecified atom stereocenters. The van der Waals surface area contributed by atoms with Gasteiger partial charge in [0.1, 0.15) is 5.75 Å². The van der Waals surface area contributed by atoms with Gasteiger partial charge in [0.05, 0.1) is 12.7 Å². The first-order valence-electron chi connectivity index (χ1n) is 9.81. The van der Waals surface area contributed by atoms with E-state index in [-0.39, 0.29) is 6.10 Å². The van der Waals surface area contributed by atoms with E-state index in [2.05, 4.69) is 30.5 Å². The quantitative estimate of drug-likeness (QED) is 0.295. The van der Waals surface area contributed by atoms with Crippen LogP contribution < -0.4 is 4.74 Å². The molecule has 2 nitrogen and oxygen atoms in total. The number of ether oxygens (including phenoxy) is 1. The molecule has 0 saturated heterocycles. The average molecular weight is 360 g/mol. The van der Waals surface area contributed by atoms with Crippen LogP contribution in [0.4, 0.5) is 5.69 Å². The van der Waals surface area contributed by atoms with E-state index >= 15 is 0 Å². The molecule has 2 aromatic rings. The number of aryl methyl sites for hydroxylation is 2. The number of rotatable bonds is 7. The van der Waals surface area contributed by atoms with Crippen molar-refractivity contribution in [2.75, 3.05) is 0 Å². The summed E-state index contributed by atoms with van der Waals surface area (Å²) in [4.78, 5) is 3.58. The number of nitrogens with zero attached hydrogens (tertiary/aromatic N) is 1. The predicted octanol–water partition coefficient (Wildman–Crippen LogP) is 6.99. The van der Waals surface area contributed by atoms with Crippen LogP contribution in [0.25, 0.3) is 4.85 Å². The first kappa shape index (κ1) is 20.6. The molecule has 0 bridgehead atoms. The minimum Gasteiger partial charge on any atom is -0.491 e. The zero-order chi connectivity index (χ0) is 19.6. The largest absolute Gasteiger partial charge is 0.491 e. The molecule has 0 amide bonds. The van der Waals surface area contributed by atoms with E-state index in [1.54, 1.807) is 0 Å². The number of hydrogen-bond donors (Lipinski definition) is 0. The highest BCUT2D eigenvalue weighted by atomic mass is 16.5. The zero-order valence-corrected chi connectivity index (χ0v) is 16.9. The fourth-order valence-corrected chi connectivity index (χ4v) is 3.12. The van der Waals surface area contributed by atoms with E-state index in [0.717, 1.165) is 40.1 Å². The molecule has 0 heterocycles. The van der Waals surface area contributed by atoms with E-state index in [1.807, 2.05) is 50.2 Å². The molecule has 0 spiro atoms. The normalized spacial score (nSPS) is 11.2. The Labute approximate surface area is 164 Å². The summed E-state index contributed by atoms with van der Waals surface area (Å²) in [5.74, 6) is 7.30. The molecule has 0 fully saturated rings. The Morgan fingerprint density at radius 2 is 1.59 bits per heavy atom. The predicted molar refractivity (Wildman–Crippen MR) is 113 cm³/mol. The monoisotopic (exact) mass is 359 g/mol. The second-order valence-corrected chi connectivity index (χ2v) is 7.12. The lowest BCUT2D eigenvalue weighted by molar-refractivity contribution is 0.206. The molecule has 2 aromatic carbocycles. The summed E-state index contributed by atoms with van der Waals surface area (Å²) >= 11 is 0. The highest BCUT2D eigenvalue weighted by Gasteiger charge is 2.05. The van der Waals surface area contributed by atoms with Crippen molar-refractivity contribution in [2.45, 2.75) is 65.9 Å². The maximum atomic E-state index is 7.23. The van der Waals surface area contributed by atoms with Gasteiger partial charge < -0.3 is 4.74 Å². The fraction of sp³-hybridized carbons (Fsp3) is 0.400. The van der Waals surface area contributed by atoms with Crippen LogP contribution in [0.15, 0.2) is 36.4 Å². The average Bonchev–Trinajstić information content (AvgIpc) is 2.64. The Morgan fingerprint density at radius 3 is 2.19 bits per heavy atom. The molecular weight excluding hydrogens is 330 g/mol. The Balaban J connectivity index is 1.97. The second-order valence-electron chi connectivity index (χ2n) is 7.12. The van der Waals surface area contributed by atoms with Crippen LogP contribution in [-0.2, 0) is 0 Å². The molecule has 1 atom stereocenters. The third-order valence-electron chi connectivity index (χ3n) is 4.61. The lowest BCUT2D eigenvalue weighted by atomic mass is 10.0. The summed E-state index contributed by atoms with van der Waals surface area (Å²) in [5, 5.41) is 0. The van der Waals surface area contributed by atoms with Crippen molar-refractivity contribution in [3.8, 4) is 17.6 Å². The van der Waals surface area contributed by atoms with Crippen LogP contribution in [0.2, 0.25) is 0 Å². The van der Waals surface area contributed by atoms with Gasteiger partial charge in [-0.2, -0.15) is 0 Å². The molecule has 27 heavy (non-hydrogen) atoms. The van der Waals surface area contributed by atoms with E-state index in [4.69, 9.17) is 11.3 Å². The minimum absolute atomic E-state index is 0.241. The van der Waals surface area contributed by atoms with Crippen molar-refractivity contribution in [3.63, 3.8) is 0 Å². The van der Waals surface area contributed by atoms with E-state index < -0.39 is 0 Å². The Kier molecular flexibility index (Phi) is 7.97. The molecule has 0 N–H and O–H groups in total. The van der Waals surface area contributed by atoms with Crippen LogP contribution in [0, 0.1) is 32.3 Å². The summed E-state index contributed by atoms with van der Waals surface area (Å²) < 4.78 is 5.99. The van der Waals surface area contributed by atoms with E-state index in [0.29, 0.717) is 0 Å². The maximum absolute atomic E-state index is 7.23. The first-order chi connectivity index (χ1) is 13.0. The molecule has 2 rings (SSSR count). The number of hydrogen-bond acceptors (Lipinski definition) is 1. The Bertz CT molecular complexity index is 824. The minimum atomic E-state index is 0.241. The lowest BCUT2D eigenvalue weighted by Crippen LogP contribution is -2.11. The van der Waals surface area contributed by atoms with Crippen molar-refractivity contribution in [1.82, 2.24) is 0 Å². The van der Waals surface area contributed by atoms with Gasteiger partial charge >= 0.3 is 0 Å². The highest BCUT2D eigenvalue weighted by Crippen LogP contribution is 2.24. The van der Waals surface area contributed by atoms with Gasteiger partial charge in [0.25, 0.3) is 0 Å². The number of benzene rings is 2. The molecule has 0 aliphatic heterocycles. The molecule has 0 radical (unpaired) electrons. The van der Waals surface area contributed by atoms with Crippen LogP contribution in [0.1, 0.15) is 68.2 Å². The van der Waals surface area contributed by atoms with Crippen LogP contribution in [0.3, 0.4) is 0 Å². The van der Waals surface area contributed by atoms with Gasteiger partial charge in [0.15, 0.2) is 5.69 Å². The van der Waals surface area contributed by atoms with Gasteiger partial charge in [-0.3, -0.25) is 0 Å². The third-order valence-corrected chi connectivity index (χ3v) is 4.61. The standard InChI is InChI=1S/C25H29NO/c1-6-7-8-9-10-21(4)27-24-15-13-22(14-16-24)11-12-23-17-19(2)25(26-5)20(3)18-23/h13-18,21H,6-10H2,1-4H3/t21-/m1/s1. The Hall–Kier alpha value is -2.71. The summed E-state index contributed by atoms with van der Waals surface area (Å²) in [5.41, 5.74) is 4.59. The van der Waals surface area contributed by atoms with Crippen molar-refractivity contribution in [2.24, 2.45) is 0 Å². The summed E-state index contributed by atoms with van der Waals surface area (Å²) in [7, 11) is 0. The smallest absolute Gasteiger partial charge is 0.193 e. The van der Waals surface area contributed by atoms with Crippen molar-refractivity contribution in [1.29, 1.82) is 0 Å². The molecule has 2 heteroatoms. The lowest BCUT2D eigenvalue weighted by Gasteiger charge is -2.14. The molecular formula is C25H29NO. The fourth-order valence-electron chi connectivity index (χ4n) is 3.12. The van der Waals surface area contributed by atoms with E-state index in [9.17, 15) is 0 Å². The van der Waals surface area contributed by atoms with Crippen molar-refractivity contribution >= 4 is 5.69 Å². The molecule has 0 aliphatic rings. The molecule has 140 valence electrons. The molecule has 0 saturated carbocycles. The second kappa shape index (κ2) is 10.4. The summed E-state index contributed by atoms with van der Waals surface area (Å²) in [6.07, 6.45) is 6.42. The van der Waals surface area contributed by atoms with Gasteiger partial charge in [0, 0.05) is 11.1 Å². The van der Waals surface area contributed by atoms with Gasteiger partial charge in [-0.1, -0.05) is 50.2 Å². The maximum Gasteiger partial charge on any atom is 0.193 e. The van der Waals surface area contributed by atoms with Crippen molar-refractivity contribution in [3.05, 3.63) is 70.1 Å². The SMILES string of the molecule is [C-]#[N+]c1c(C)cc(C#Cc2ccc(O[C@H](C)CCCCCC)cc2)cc1C. The summed E-state index contributed by atoms with van der Waals surface area (Å²) in [6.45, 7) is 15.5. The topological polar surface area (TPSA) is 13.6 Å². The van der Waals surface area contributed by atoms with Crippen LogP contribution in [-0.4, -0.2) is 6.10 Å². The highest BCUT2D eigenvalue weighted by molar-refractivity contribution is 5.61. The first-order valence-corrected chi connectivity index (χ1v) is 9.81. The third kappa shape index (κ3) is 6.50. The van der Waals surface area contributed by atoms with Gasteiger partial charge in [0.2, 0.25) is 0 Å². The Morgan fingerprint density at radius 1 is 0.963 bits per heavy atom. The number of unbranched alkanes of at least 4 members (excludes halogenated alkanes) is 3. The summed E-state index contributed by atoms with van der Waals surface area (Å²) in [6, 6.07) is 11.9. The molecule has 0 aromatic heterocycles. The van der Waals surface area contributed by atoms with Gasteiger partial charge in [-0.15, -0.1) is 0 Å². The van der Waals surface area contributed by atoms with E-state index in [1.165, 1.54) is 25.7 Å². The van der Waals surface area contributed by atoms with Gasteiger partial charge in [-0.25, -0.2) is 4.85 Å². The molecule has 0 aliphatic carbocycles. The van der Waals surface area contributed by atoms with Crippen LogP contribution >= 0.6 is 0 Å². The van der Waals surface area contributed by atoms with Gasteiger partial charge in [-0.05, 0) is 69.0 Å². The zero-order valence-electron chi connectivity index (χ0n) is 16.9. The van der Waals surface area contributed by atoms with Crippen molar-refractivity contribution < 1.29 is 4.74 Å².